The second kappa shape index (κ2) is 5.02. The fraction of sp³-hybridized carbons (Fsp3) is 0.0714. The van der Waals surface area contributed by atoms with Crippen molar-refractivity contribution in [1.29, 1.82) is 5.26 Å². The summed E-state index contributed by atoms with van der Waals surface area (Å²) in [6.45, 7) is 0. The van der Waals surface area contributed by atoms with Crippen molar-refractivity contribution in [2.75, 3.05) is 0 Å². The van der Waals surface area contributed by atoms with E-state index in [1.807, 2.05) is 0 Å². The minimum absolute atomic E-state index is 0.0988. The van der Waals surface area contributed by atoms with Crippen LogP contribution in [-0.4, -0.2) is 0 Å². The van der Waals surface area contributed by atoms with Crippen LogP contribution in [0, 0.1) is 11.3 Å². The first-order valence-electron chi connectivity index (χ1n) is 5.35. The zero-order chi connectivity index (χ0) is 13.9. The van der Waals surface area contributed by atoms with Gasteiger partial charge in [0, 0.05) is 0 Å². The largest absolute Gasteiger partial charge is 0.456 e. The molecule has 19 heavy (non-hydrogen) atoms. The summed E-state index contributed by atoms with van der Waals surface area (Å²) in [5.41, 5.74) is -1.02. The van der Waals surface area contributed by atoms with Gasteiger partial charge in [0.05, 0.1) is 11.1 Å². The molecule has 0 aromatic heterocycles. The van der Waals surface area contributed by atoms with Gasteiger partial charge in [0.15, 0.2) is 0 Å². The third-order valence-electron chi connectivity index (χ3n) is 2.40. The zero-order valence-corrected chi connectivity index (χ0v) is 9.61. The molecule has 0 radical (unpaired) electrons. The van der Waals surface area contributed by atoms with Crippen LogP contribution in [0.15, 0.2) is 48.5 Å². The average molecular weight is 263 g/mol. The smallest absolute Gasteiger partial charge is 0.416 e. The quantitative estimate of drug-likeness (QED) is 0.806. The summed E-state index contributed by atoms with van der Waals surface area (Å²) < 4.78 is 42.9. The molecule has 0 saturated carbocycles. The van der Waals surface area contributed by atoms with Crippen molar-refractivity contribution in [1.82, 2.24) is 0 Å². The predicted molar refractivity (Wildman–Crippen MR) is 62.7 cm³/mol. The van der Waals surface area contributed by atoms with E-state index < -0.39 is 11.7 Å². The lowest BCUT2D eigenvalue weighted by Gasteiger charge is -2.10. The van der Waals surface area contributed by atoms with Gasteiger partial charge in [-0.05, 0) is 30.3 Å². The van der Waals surface area contributed by atoms with E-state index >= 15 is 0 Å². The van der Waals surface area contributed by atoms with Crippen LogP contribution in [0.3, 0.4) is 0 Å². The molecule has 0 bridgehead atoms. The third kappa shape index (κ3) is 3.05. The lowest BCUT2D eigenvalue weighted by atomic mass is 10.1. The number of para-hydroxylation sites is 1. The van der Waals surface area contributed by atoms with Gasteiger partial charge >= 0.3 is 6.18 Å². The number of rotatable bonds is 2. The lowest BCUT2D eigenvalue weighted by molar-refractivity contribution is -0.137. The summed E-state index contributed by atoms with van der Waals surface area (Å²) in [6, 6.07) is 13.1. The molecule has 0 atom stereocenters. The Hall–Kier alpha value is -2.48. The molecular formula is C14H8F3NO. The molecule has 2 aromatic carbocycles. The first-order chi connectivity index (χ1) is 9.00. The molecule has 0 fully saturated rings. The number of alkyl halides is 3. The van der Waals surface area contributed by atoms with Gasteiger partial charge in [-0.25, -0.2) is 0 Å². The van der Waals surface area contributed by atoms with E-state index in [0.29, 0.717) is 5.75 Å². The molecule has 2 aromatic rings. The van der Waals surface area contributed by atoms with Gasteiger partial charge in [0.25, 0.3) is 0 Å². The van der Waals surface area contributed by atoms with Crippen LogP contribution >= 0.6 is 0 Å². The Morgan fingerprint density at radius 1 is 1.00 bits per heavy atom. The molecule has 0 aliphatic rings. The van der Waals surface area contributed by atoms with Crippen LogP contribution in [-0.2, 0) is 6.18 Å². The highest BCUT2D eigenvalue weighted by Crippen LogP contribution is 2.33. The number of nitrogens with zero attached hydrogens (tertiary/aromatic N) is 1. The van der Waals surface area contributed by atoms with Crippen molar-refractivity contribution in [3.63, 3.8) is 0 Å². The number of halogens is 3. The van der Waals surface area contributed by atoms with Crippen LogP contribution in [0.1, 0.15) is 11.1 Å². The molecule has 96 valence electrons. The van der Waals surface area contributed by atoms with Crippen molar-refractivity contribution >= 4 is 0 Å². The lowest BCUT2D eigenvalue weighted by Crippen LogP contribution is -2.05. The van der Waals surface area contributed by atoms with Crippen molar-refractivity contribution in [2.24, 2.45) is 0 Å². The highest BCUT2D eigenvalue weighted by Gasteiger charge is 2.31. The first kappa shape index (κ1) is 13.0. The van der Waals surface area contributed by atoms with Crippen molar-refractivity contribution < 1.29 is 17.9 Å². The van der Waals surface area contributed by atoms with E-state index in [-0.39, 0.29) is 11.3 Å². The number of hydrogen-bond acceptors (Lipinski definition) is 2. The SMILES string of the molecule is N#Cc1cc(C(F)(F)F)ccc1Oc1ccccc1. The van der Waals surface area contributed by atoms with E-state index in [2.05, 4.69) is 0 Å². The molecular weight excluding hydrogens is 255 g/mol. The molecule has 0 aliphatic carbocycles. The van der Waals surface area contributed by atoms with E-state index in [4.69, 9.17) is 10.00 Å². The standard InChI is InChI=1S/C14H8F3NO/c15-14(16,17)11-6-7-13(10(8-11)9-18)19-12-4-2-1-3-5-12/h1-8H. The maximum absolute atomic E-state index is 12.5. The Labute approximate surface area is 107 Å². The minimum atomic E-state index is -4.48. The van der Waals surface area contributed by atoms with Gasteiger partial charge < -0.3 is 4.74 Å². The Bertz CT molecular complexity index is 615. The third-order valence-corrected chi connectivity index (χ3v) is 2.40. The van der Waals surface area contributed by atoms with Gasteiger partial charge in [0.2, 0.25) is 0 Å². The van der Waals surface area contributed by atoms with Crippen molar-refractivity contribution in [3.8, 4) is 17.6 Å². The Balaban J connectivity index is 2.35. The monoisotopic (exact) mass is 263 g/mol. The van der Waals surface area contributed by atoms with Gasteiger partial charge in [-0.3, -0.25) is 0 Å². The number of benzene rings is 2. The van der Waals surface area contributed by atoms with E-state index in [1.54, 1.807) is 36.4 Å². The second-order valence-electron chi connectivity index (χ2n) is 3.74. The fourth-order valence-corrected chi connectivity index (χ4v) is 1.50. The van der Waals surface area contributed by atoms with Crippen LogP contribution in [0.4, 0.5) is 13.2 Å². The topological polar surface area (TPSA) is 33.0 Å². The molecule has 0 unspecified atom stereocenters. The minimum Gasteiger partial charge on any atom is -0.456 e. The van der Waals surface area contributed by atoms with E-state index in [9.17, 15) is 13.2 Å². The first-order valence-corrected chi connectivity index (χ1v) is 5.35. The van der Waals surface area contributed by atoms with Crippen LogP contribution < -0.4 is 4.74 Å². The Morgan fingerprint density at radius 3 is 2.26 bits per heavy atom. The normalized spacial score (nSPS) is 10.8. The fourth-order valence-electron chi connectivity index (χ4n) is 1.50. The summed E-state index contributed by atoms with van der Waals surface area (Å²) in [5.74, 6) is 0.556. The maximum Gasteiger partial charge on any atom is 0.416 e. The molecule has 0 N–H and O–H groups in total. The van der Waals surface area contributed by atoms with E-state index in [1.165, 1.54) is 0 Å². The molecule has 0 saturated heterocycles. The molecule has 0 heterocycles. The van der Waals surface area contributed by atoms with Crippen LogP contribution in [0.2, 0.25) is 0 Å². The predicted octanol–water partition coefficient (Wildman–Crippen LogP) is 4.37. The summed E-state index contributed by atoms with van der Waals surface area (Å²) in [4.78, 5) is 0. The summed E-state index contributed by atoms with van der Waals surface area (Å²) in [6.07, 6.45) is -4.48. The number of ether oxygens (including phenoxy) is 1. The Morgan fingerprint density at radius 2 is 1.68 bits per heavy atom. The highest BCUT2D eigenvalue weighted by atomic mass is 19.4. The van der Waals surface area contributed by atoms with Gasteiger partial charge in [-0.2, -0.15) is 18.4 Å². The molecule has 0 spiro atoms. The molecule has 5 heteroatoms. The van der Waals surface area contributed by atoms with E-state index in [0.717, 1.165) is 18.2 Å². The number of hydrogen-bond donors (Lipinski definition) is 0. The Kier molecular flexibility index (Phi) is 3.43. The van der Waals surface area contributed by atoms with Crippen molar-refractivity contribution in [3.05, 3.63) is 59.7 Å². The second-order valence-corrected chi connectivity index (χ2v) is 3.74. The van der Waals surface area contributed by atoms with Gasteiger partial charge in [-0.1, -0.05) is 18.2 Å². The van der Waals surface area contributed by atoms with Crippen LogP contribution in [0.25, 0.3) is 0 Å². The summed E-state index contributed by atoms with van der Waals surface area (Å²) in [5, 5.41) is 8.89. The van der Waals surface area contributed by atoms with Crippen LogP contribution in [0.5, 0.6) is 11.5 Å². The summed E-state index contributed by atoms with van der Waals surface area (Å²) >= 11 is 0. The molecule has 2 rings (SSSR count). The number of nitriles is 1. The zero-order valence-electron chi connectivity index (χ0n) is 9.61. The maximum atomic E-state index is 12.5. The molecule has 0 aliphatic heterocycles. The highest BCUT2D eigenvalue weighted by molar-refractivity contribution is 5.48. The van der Waals surface area contributed by atoms with Gasteiger partial charge in [0.1, 0.15) is 17.6 Å². The molecule has 2 nitrogen and oxygen atoms in total. The molecule has 0 amide bonds. The van der Waals surface area contributed by atoms with Crippen molar-refractivity contribution in [2.45, 2.75) is 6.18 Å². The summed E-state index contributed by atoms with van der Waals surface area (Å²) in [7, 11) is 0. The average Bonchev–Trinajstić information content (AvgIpc) is 2.39. The van der Waals surface area contributed by atoms with Gasteiger partial charge in [-0.15, -0.1) is 0 Å².